The second-order valence-corrected chi connectivity index (χ2v) is 5.49. The molecule has 2 heterocycles. The van der Waals surface area contributed by atoms with Crippen molar-refractivity contribution in [1.82, 2.24) is 15.2 Å². The normalized spacial score (nSPS) is 10.9. The minimum absolute atomic E-state index is 0.679. The van der Waals surface area contributed by atoms with Crippen molar-refractivity contribution in [1.29, 1.82) is 0 Å². The summed E-state index contributed by atoms with van der Waals surface area (Å²) in [6.07, 6.45) is 0. The third-order valence-electron chi connectivity index (χ3n) is 2.68. The minimum Gasteiger partial charge on any atom is -0.337 e. The molecule has 0 aliphatic heterocycles. The summed E-state index contributed by atoms with van der Waals surface area (Å²) in [5.74, 6) is 0.679. The number of aromatic nitrogens is 3. The molecule has 2 aromatic heterocycles. The number of hydrogen-bond acceptors (Lipinski definition) is 3. The Morgan fingerprint density at radius 3 is 2.89 bits per heavy atom. The Hall–Kier alpha value is -1.59. The Morgan fingerprint density at radius 2 is 2.11 bits per heavy atom. The fourth-order valence-corrected chi connectivity index (χ4v) is 2.51. The molecule has 0 fully saturated rings. The van der Waals surface area contributed by atoms with E-state index in [-0.39, 0.29) is 0 Å². The van der Waals surface area contributed by atoms with Gasteiger partial charge in [0.15, 0.2) is 5.82 Å². The van der Waals surface area contributed by atoms with Crippen LogP contribution in [-0.4, -0.2) is 15.2 Å². The molecule has 1 aromatic carbocycles. The van der Waals surface area contributed by atoms with Crippen LogP contribution >= 0.6 is 27.5 Å². The van der Waals surface area contributed by atoms with Crippen LogP contribution in [0, 0.1) is 6.92 Å². The molecule has 4 nitrogen and oxygen atoms in total. The lowest BCUT2D eigenvalue weighted by Gasteiger charge is -2.05. The molecule has 0 aliphatic carbocycles. The van der Waals surface area contributed by atoms with Crippen molar-refractivity contribution < 1.29 is 0 Å². The average Bonchev–Trinajstić information content (AvgIpc) is 2.70. The second-order valence-electron chi connectivity index (χ2n) is 4.24. The maximum Gasteiger partial charge on any atom is 0.178 e. The number of pyridine rings is 1. The van der Waals surface area contributed by atoms with Crippen LogP contribution in [-0.2, 0) is 0 Å². The number of aryl methyl sites for hydroxylation is 1. The van der Waals surface area contributed by atoms with E-state index in [0.29, 0.717) is 10.8 Å². The second kappa shape index (κ2) is 4.83. The number of rotatable bonds is 2. The maximum atomic E-state index is 6.04. The predicted molar refractivity (Wildman–Crippen MR) is 81.1 cm³/mol. The molecule has 3 rings (SSSR count). The van der Waals surface area contributed by atoms with Crippen molar-refractivity contribution in [3.63, 3.8) is 0 Å². The highest BCUT2D eigenvalue weighted by atomic mass is 79.9. The average molecular weight is 338 g/mol. The Bertz CT molecular complexity index is 733. The molecule has 0 aliphatic rings. The van der Waals surface area contributed by atoms with Crippen LogP contribution in [0.5, 0.6) is 0 Å². The van der Waals surface area contributed by atoms with Gasteiger partial charge in [0.1, 0.15) is 10.1 Å². The van der Waals surface area contributed by atoms with Crippen LogP contribution < -0.4 is 5.32 Å². The van der Waals surface area contributed by atoms with Crippen LogP contribution in [0.3, 0.4) is 0 Å². The van der Waals surface area contributed by atoms with Gasteiger partial charge in [-0.2, -0.15) is 5.10 Å². The van der Waals surface area contributed by atoms with Gasteiger partial charge in [0.05, 0.1) is 5.52 Å². The van der Waals surface area contributed by atoms with Gasteiger partial charge in [-0.05, 0) is 58.7 Å². The monoisotopic (exact) mass is 336 g/mol. The number of nitrogens with zero attached hydrogens (tertiary/aromatic N) is 2. The molecule has 2 N–H and O–H groups in total. The van der Waals surface area contributed by atoms with Crippen LogP contribution in [0.4, 0.5) is 11.5 Å². The highest BCUT2D eigenvalue weighted by Gasteiger charge is 2.08. The number of H-pyrrole nitrogens is 1. The van der Waals surface area contributed by atoms with Crippen LogP contribution in [0.15, 0.2) is 34.9 Å². The van der Waals surface area contributed by atoms with Gasteiger partial charge in [0, 0.05) is 10.7 Å². The molecule has 0 radical (unpaired) electrons. The number of aromatic amines is 1. The SMILES string of the molecule is Cc1cc(Cl)cc(Nc2n[nH]c3ccc(Br)nc23)c1. The molecule has 0 bridgehead atoms. The van der Waals surface area contributed by atoms with Crippen molar-refractivity contribution in [2.75, 3.05) is 5.32 Å². The number of fused-ring (bicyclic) bond motifs is 1. The first-order valence-electron chi connectivity index (χ1n) is 5.67. The third-order valence-corrected chi connectivity index (χ3v) is 3.34. The van der Waals surface area contributed by atoms with Gasteiger partial charge in [0.25, 0.3) is 0 Å². The lowest BCUT2D eigenvalue weighted by atomic mass is 10.2. The van der Waals surface area contributed by atoms with Gasteiger partial charge in [0.2, 0.25) is 0 Å². The first-order valence-corrected chi connectivity index (χ1v) is 6.84. The first-order chi connectivity index (χ1) is 9.11. The van der Waals surface area contributed by atoms with E-state index < -0.39 is 0 Å². The fraction of sp³-hybridized carbons (Fsp3) is 0.0769. The van der Waals surface area contributed by atoms with Crippen LogP contribution in [0.2, 0.25) is 5.02 Å². The Morgan fingerprint density at radius 1 is 1.26 bits per heavy atom. The molecule has 19 heavy (non-hydrogen) atoms. The van der Waals surface area contributed by atoms with E-state index in [4.69, 9.17) is 11.6 Å². The van der Waals surface area contributed by atoms with Gasteiger partial charge >= 0.3 is 0 Å². The minimum atomic E-state index is 0.679. The summed E-state index contributed by atoms with van der Waals surface area (Å²) in [6.45, 7) is 1.99. The zero-order valence-corrected chi connectivity index (χ0v) is 12.4. The van der Waals surface area contributed by atoms with E-state index in [1.807, 2.05) is 37.3 Å². The smallest absolute Gasteiger partial charge is 0.178 e. The van der Waals surface area contributed by atoms with Gasteiger partial charge in [-0.1, -0.05) is 11.6 Å². The lowest BCUT2D eigenvalue weighted by molar-refractivity contribution is 1.12. The highest BCUT2D eigenvalue weighted by molar-refractivity contribution is 9.10. The van der Waals surface area contributed by atoms with E-state index in [2.05, 4.69) is 36.4 Å². The maximum absolute atomic E-state index is 6.04. The number of benzene rings is 1. The summed E-state index contributed by atoms with van der Waals surface area (Å²) >= 11 is 9.40. The standard InChI is InChI=1S/C13H10BrClN4/c1-7-4-8(15)6-9(5-7)16-13-12-10(18-19-13)2-3-11(14)17-12/h2-6H,1H3,(H2,16,18,19). The van der Waals surface area contributed by atoms with Crippen molar-refractivity contribution in [3.8, 4) is 0 Å². The van der Waals surface area contributed by atoms with E-state index in [0.717, 1.165) is 26.9 Å². The van der Waals surface area contributed by atoms with Crippen molar-refractivity contribution in [2.24, 2.45) is 0 Å². The Balaban J connectivity index is 2.03. The molecule has 0 saturated carbocycles. The van der Waals surface area contributed by atoms with Crippen LogP contribution in [0.25, 0.3) is 11.0 Å². The highest BCUT2D eigenvalue weighted by Crippen LogP contribution is 2.26. The zero-order chi connectivity index (χ0) is 13.4. The lowest BCUT2D eigenvalue weighted by Crippen LogP contribution is -1.92. The largest absolute Gasteiger partial charge is 0.337 e. The third kappa shape index (κ3) is 2.57. The molecule has 6 heteroatoms. The van der Waals surface area contributed by atoms with Gasteiger partial charge < -0.3 is 5.32 Å². The van der Waals surface area contributed by atoms with Crippen molar-refractivity contribution in [2.45, 2.75) is 6.92 Å². The Kier molecular flexibility index (Phi) is 3.16. The van der Waals surface area contributed by atoms with Gasteiger partial charge in [-0.3, -0.25) is 5.10 Å². The van der Waals surface area contributed by atoms with E-state index in [1.54, 1.807) is 0 Å². The molecule has 0 unspecified atom stereocenters. The summed E-state index contributed by atoms with van der Waals surface area (Å²) in [6, 6.07) is 9.56. The summed E-state index contributed by atoms with van der Waals surface area (Å²) in [4.78, 5) is 4.40. The molecule has 0 atom stereocenters. The summed E-state index contributed by atoms with van der Waals surface area (Å²) < 4.78 is 0.770. The van der Waals surface area contributed by atoms with E-state index in [9.17, 15) is 0 Å². The number of anilines is 2. The summed E-state index contributed by atoms with van der Waals surface area (Å²) in [7, 11) is 0. The predicted octanol–water partition coefficient (Wildman–Crippen LogP) is 4.43. The van der Waals surface area contributed by atoms with Gasteiger partial charge in [-0.15, -0.1) is 0 Å². The fourth-order valence-electron chi connectivity index (χ4n) is 1.91. The van der Waals surface area contributed by atoms with Crippen molar-refractivity contribution in [3.05, 3.63) is 45.5 Å². The van der Waals surface area contributed by atoms with Crippen molar-refractivity contribution >= 4 is 50.1 Å². The molecule has 96 valence electrons. The first kappa shape index (κ1) is 12.4. The topological polar surface area (TPSA) is 53.6 Å². The number of nitrogens with one attached hydrogen (secondary N) is 2. The van der Waals surface area contributed by atoms with E-state index in [1.165, 1.54) is 0 Å². The molecular weight excluding hydrogens is 328 g/mol. The summed E-state index contributed by atoms with van der Waals surface area (Å²) in [5, 5.41) is 11.1. The number of halogens is 2. The Labute approximate surface area is 123 Å². The molecule has 0 saturated heterocycles. The molecular formula is C13H10BrClN4. The molecule has 0 amide bonds. The molecule has 3 aromatic rings. The zero-order valence-electron chi connectivity index (χ0n) is 10.0. The van der Waals surface area contributed by atoms with Crippen LogP contribution in [0.1, 0.15) is 5.56 Å². The molecule has 0 spiro atoms. The summed E-state index contributed by atoms with van der Waals surface area (Å²) in [5.41, 5.74) is 3.64. The number of hydrogen-bond donors (Lipinski definition) is 2. The van der Waals surface area contributed by atoms with Gasteiger partial charge in [-0.25, -0.2) is 4.98 Å². The van der Waals surface area contributed by atoms with E-state index >= 15 is 0 Å². The quantitative estimate of drug-likeness (QED) is 0.680.